The Morgan fingerprint density at radius 1 is 0.857 bits per heavy atom. The minimum Gasteiger partial charge on any atom is -0.478 e. The molecule has 0 aliphatic carbocycles. The molecule has 0 saturated heterocycles. The van der Waals surface area contributed by atoms with Gasteiger partial charge < -0.3 is 20.7 Å². The van der Waals surface area contributed by atoms with Gasteiger partial charge in [0, 0.05) is 18.2 Å². The third kappa shape index (κ3) is 15.8. The number of unbranched alkanes of at least 4 members (excludes halogenated alkanes) is 3. The van der Waals surface area contributed by atoms with E-state index in [1.807, 2.05) is 0 Å². The Balaban J connectivity index is 0. The van der Waals surface area contributed by atoms with E-state index in [9.17, 15) is 14.4 Å². The van der Waals surface area contributed by atoms with Gasteiger partial charge in [-0.05, 0) is 32.6 Å². The molecule has 0 saturated carbocycles. The molecule has 0 bridgehead atoms. The van der Waals surface area contributed by atoms with Gasteiger partial charge in [-0.1, -0.05) is 6.08 Å². The number of carboxylic acid groups (broad SMARTS) is 1. The van der Waals surface area contributed by atoms with Gasteiger partial charge in [0.05, 0.1) is 13.2 Å². The second-order valence-electron chi connectivity index (χ2n) is 3.92. The largest absolute Gasteiger partial charge is 0.478 e. The molecule has 0 radical (unpaired) electrons. The molecule has 0 aromatic carbocycles. The number of esters is 2. The summed E-state index contributed by atoms with van der Waals surface area (Å²) >= 11 is 0. The van der Waals surface area contributed by atoms with Crippen LogP contribution in [0.1, 0.15) is 32.6 Å². The molecular formula is C14H23NO6. The number of carboxylic acids is 1. The summed E-state index contributed by atoms with van der Waals surface area (Å²) in [6.07, 6.45) is 7.76. The Hall–Kier alpha value is -2.15. The Kier molecular flexibility index (Phi) is 14.4. The van der Waals surface area contributed by atoms with Gasteiger partial charge in [0.2, 0.25) is 0 Å². The fourth-order valence-corrected chi connectivity index (χ4v) is 1.27. The average Bonchev–Trinajstić information content (AvgIpc) is 2.39. The van der Waals surface area contributed by atoms with Gasteiger partial charge in [-0.2, -0.15) is 0 Å². The number of hydrogen-bond donors (Lipinski definition) is 2. The molecule has 7 nitrogen and oxygen atoms in total. The normalized spacial score (nSPS) is 10.3. The zero-order valence-electron chi connectivity index (χ0n) is 12.2. The number of hydrogen-bond acceptors (Lipinski definition) is 6. The van der Waals surface area contributed by atoms with Gasteiger partial charge in [-0.25, -0.2) is 14.4 Å². The molecule has 0 rings (SSSR count). The van der Waals surface area contributed by atoms with Gasteiger partial charge in [-0.15, -0.1) is 0 Å². The molecule has 0 aromatic heterocycles. The number of rotatable bonds is 10. The maximum Gasteiger partial charge on any atom is 0.331 e. The second kappa shape index (κ2) is 14.3. The van der Waals surface area contributed by atoms with Crippen LogP contribution in [0.15, 0.2) is 24.3 Å². The van der Waals surface area contributed by atoms with Crippen LogP contribution >= 0.6 is 0 Å². The van der Waals surface area contributed by atoms with Crippen LogP contribution in [-0.2, 0) is 23.9 Å². The van der Waals surface area contributed by atoms with Crippen molar-refractivity contribution >= 4 is 17.9 Å². The van der Waals surface area contributed by atoms with Crippen molar-refractivity contribution in [3.8, 4) is 0 Å². The number of allylic oxidation sites excluding steroid dienone is 1. The number of carbonyl (C=O) groups excluding carboxylic acids is 2. The molecular weight excluding hydrogens is 278 g/mol. The van der Waals surface area contributed by atoms with Crippen LogP contribution in [0.5, 0.6) is 0 Å². The molecule has 0 spiro atoms. The first-order valence-electron chi connectivity index (χ1n) is 6.43. The summed E-state index contributed by atoms with van der Waals surface area (Å²) in [5, 5.41) is 8.29. The summed E-state index contributed by atoms with van der Waals surface area (Å²) < 4.78 is 9.69. The lowest BCUT2D eigenvalue weighted by Gasteiger charge is -2.03. The van der Waals surface area contributed by atoms with Crippen molar-refractivity contribution < 1.29 is 29.0 Å². The molecule has 0 aliphatic heterocycles. The van der Waals surface area contributed by atoms with Gasteiger partial charge >= 0.3 is 17.9 Å². The molecule has 0 atom stereocenters. The molecule has 0 unspecified atom stereocenters. The van der Waals surface area contributed by atoms with Crippen LogP contribution in [0.4, 0.5) is 0 Å². The number of aliphatic carboxylic acids is 1. The van der Waals surface area contributed by atoms with Gasteiger partial charge in [-0.3, -0.25) is 0 Å². The zero-order chi connectivity index (χ0) is 15.2. The predicted octanol–water partition coefficient (Wildman–Crippen LogP) is 2.01. The van der Waals surface area contributed by atoms with Crippen LogP contribution in [0.25, 0.3) is 0 Å². The van der Waals surface area contributed by atoms with Crippen molar-refractivity contribution in [1.29, 1.82) is 0 Å². The third-order valence-electron chi connectivity index (χ3n) is 2.19. The number of carbonyl (C=O) groups is 3. The molecule has 0 aromatic rings. The second-order valence-corrected chi connectivity index (χ2v) is 3.92. The molecule has 7 heteroatoms. The van der Waals surface area contributed by atoms with Crippen molar-refractivity contribution in [2.45, 2.75) is 32.6 Å². The van der Waals surface area contributed by atoms with Gasteiger partial charge in [0.15, 0.2) is 0 Å². The topological polar surface area (TPSA) is 125 Å². The summed E-state index contributed by atoms with van der Waals surface area (Å²) in [6.45, 7) is 2.37. The van der Waals surface area contributed by atoms with E-state index < -0.39 is 11.9 Å². The lowest BCUT2D eigenvalue weighted by atomic mass is 10.2. The van der Waals surface area contributed by atoms with Crippen LogP contribution < -0.4 is 6.15 Å². The maximum absolute atomic E-state index is 11.0. The van der Waals surface area contributed by atoms with Crippen LogP contribution in [0, 0.1) is 0 Å². The van der Waals surface area contributed by atoms with Crippen molar-refractivity contribution in [3.63, 3.8) is 0 Å². The van der Waals surface area contributed by atoms with Crippen molar-refractivity contribution in [2.24, 2.45) is 0 Å². The van der Waals surface area contributed by atoms with Crippen LogP contribution in [0.2, 0.25) is 0 Å². The SMILES string of the molecule is CC=CC(=O)OCCCCCCOC(=O)/C=C\C(=O)O.N. The molecule has 120 valence electrons. The fraction of sp³-hybridized carbons (Fsp3) is 0.500. The minimum absolute atomic E-state index is 0. The maximum atomic E-state index is 11.0. The first kappa shape index (κ1) is 21.2. The summed E-state index contributed by atoms with van der Waals surface area (Å²) in [5.74, 6) is -2.19. The molecule has 0 aliphatic rings. The lowest BCUT2D eigenvalue weighted by molar-refractivity contribution is -0.139. The van der Waals surface area contributed by atoms with E-state index >= 15 is 0 Å². The first-order chi connectivity index (χ1) is 9.56. The van der Waals surface area contributed by atoms with E-state index in [1.165, 1.54) is 6.08 Å². The van der Waals surface area contributed by atoms with E-state index in [0.29, 0.717) is 13.0 Å². The summed E-state index contributed by atoms with van der Waals surface area (Å²) in [6, 6.07) is 0. The lowest BCUT2D eigenvalue weighted by Crippen LogP contribution is -2.04. The summed E-state index contributed by atoms with van der Waals surface area (Å²) in [4.78, 5) is 32.1. The molecule has 4 N–H and O–H groups in total. The predicted molar refractivity (Wildman–Crippen MR) is 77.0 cm³/mol. The Bertz CT molecular complexity index is 376. The van der Waals surface area contributed by atoms with Crippen molar-refractivity contribution in [2.75, 3.05) is 13.2 Å². The Labute approximate surface area is 124 Å². The average molecular weight is 301 g/mol. The van der Waals surface area contributed by atoms with E-state index in [2.05, 4.69) is 0 Å². The zero-order valence-corrected chi connectivity index (χ0v) is 12.2. The standard InChI is InChI=1S/C14H20O6.H3N/c1-2-7-13(17)19-10-5-3-4-6-11-20-14(18)9-8-12(15)16;/h2,7-9H,3-6,10-11H2,1H3,(H,15,16);1H3/b7-2?,9-8-;. The fourth-order valence-electron chi connectivity index (χ4n) is 1.27. The Morgan fingerprint density at radius 2 is 1.33 bits per heavy atom. The summed E-state index contributed by atoms with van der Waals surface area (Å²) in [5.41, 5.74) is 0. The highest BCUT2D eigenvalue weighted by Crippen LogP contribution is 2.01. The summed E-state index contributed by atoms with van der Waals surface area (Å²) in [7, 11) is 0. The first-order valence-corrected chi connectivity index (χ1v) is 6.43. The minimum atomic E-state index is -1.19. The Morgan fingerprint density at radius 3 is 1.76 bits per heavy atom. The van der Waals surface area contributed by atoms with E-state index in [-0.39, 0.29) is 18.7 Å². The monoisotopic (exact) mass is 301 g/mol. The van der Waals surface area contributed by atoms with E-state index in [0.717, 1.165) is 31.4 Å². The molecule has 0 fully saturated rings. The molecule has 0 heterocycles. The van der Waals surface area contributed by atoms with Gasteiger partial charge in [0.1, 0.15) is 0 Å². The van der Waals surface area contributed by atoms with E-state index in [1.54, 1.807) is 13.0 Å². The van der Waals surface area contributed by atoms with E-state index in [4.69, 9.17) is 14.6 Å². The highest BCUT2D eigenvalue weighted by molar-refractivity contribution is 5.90. The highest BCUT2D eigenvalue weighted by Gasteiger charge is 1.99. The smallest absolute Gasteiger partial charge is 0.331 e. The van der Waals surface area contributed by atoms with Gasteiger partial charge in [0.25, 0.3) is 0 Å². The number of ether oxygens (including phenoxy) is 2. The van der Waals surface area contributed by atoms with Crippen molar-refractivity contribution in [3.05, 3.63) is 24.3 Å². The van der Waals surface area contributed by atoms with Crippen molar-refractivity contribution in [1.82, 2.24) is 6.15 Å². The van der Waals surface area contributed by atoms with Crippen LogP contribution in [0.3, 0.4) is 0 Å². The van der Waals surface area contributed by atoms with Crippen LogP contribution in [-0.4, -0.2) is 36.2 Å². The highest BCUT2D eigenvalue weighted by atomic mass is 16.5. The third-order valence-corrected chi connectivity index (χ3v) is 2.19. The molecule has 21 heavy (non-hydrogen) atoms. The quantitative estimate of drug-likeness (QED) is 0.359. The molecule has 0 amide bonds.